The maximum Gasteiger partial charge on any atom is 0.153 e. The highest BCUT2D eigenvalue weighted by atomic mass is 35.5. The maximum absolute atomic E-state index is 6.52. The minimum Gasteiger partial charge on any atom is -0.355 e. The van der Waals surface area contributed by atoms with Crippen LogP contribution in [0, 0.1) is 19.8 Å². The molecule has 0 N–H and O–H groups in total. The normalized spacial score (nSPS) is 14.5. The predicted octanol–water partition coefficient (Wildman–Crippen LogP) is 7.24. The Labute approximate surface area is 207 Å². The van der Waals surface area contributed by atoms with E-state index in [0.29, 0.717) is 0 Å². The van der Waals surface area contributed by atoms with Crippen LogP contribution in [-0.4, -0.2) is 22.6 Å². The van der Waals surface area contributed by atoms with Gasteiger partial charge in [0.1, 0.15) is 0 Å². The summed E-state index contributed by atoms with van der Waals surface area (Å²) in [7, 11) is 0. The van der Waals surface area contributed by atoms with Gasteiger partial charge in [0.25, 0.3) is 0 Å². The molecule has 0 bridgehead atoms. The Hall–Kier alpha value is -2.49. The van der Waals surface area contributed by atoms with E-state index in [9.17, 15) is 0 Å². The third-order valence-corrected chi connectivity index (χ3v) is 7.46. The van der Waals surface area contributed by atoms with Gasteiger partial charge in [-0.05, 0) is 67.9 Å². The van der Waals surface area contributed by atoms with E-state index < -0.39 is 0 Å². The Kier molecular flexibility index (Phi) is 7.31. The number of rotatable bonds is 5. The maximum atomic E-state index is 6.52. The van der Waals surface area contributed by atoms with Crippen LogP contribution in [0.2, 0.25) is 5.02 Å². The Morgan fingerprint density at radius 1 is 0.939 bits per heavy atom. The number of aryl methyl sites for hydroxylation is 1. The lowest BCUT2D eigenvalue weighted by Crippen LogP contribution is -2.35. The van der Waals surface area contributed by atoms with Gasteiger partial charge >= 0.3 is 0 Å². The average Bonchev–Trinajstić information content (AvgIpc) is 3.07. The first-order chi connectivity index (χ1) is 15.6. The Balaban J connectivity index is 0.00000259. The van der Waals surface area contributed by atoms with Gasteiger partial charge in [-0.25, -0.2) is 4.98 Å². The van der Waals surface area contributed by atoms with Gasteiger partial charge in [0.2, 0.25) is 0 Å². The lowest BCUT2D eigenvalue weighted by atomic mass is 9.90. The van der Waals surface area contributed by atoms with Crippen molar-refractivity contribution in [1.29, 1.82) is 0 Å². The van der Waals surface area contributed by atoms with E-state index in [4.69, 9.17) is 16.6 Å². The first-order valence-corrected chi connectivity index (χ1v) is 12.0. The van der Waals surface area contributed by atoms with Crippen LogP contribution in [0.5, 0.6) is 0 Å². The topological polar surface area (TPSA) is 21.1 Å². The summed E-state index contributed by atoms with van der Waals surface area (Å²) in [6, 6.07) is 21.2. The van der Waals surface area contributed by atoms with Crippen molar-refractivity contribution in [3.63, 3.8) is 0 Å². The average molecular weight is 480 g/mol. The molecule has 1 aliphatic heterocycles. The standard InChI is InChI=1S/C28H30ClN3.ClH/c1-20-21(2)32(19-24-10-6-7-11-26(24)29)27-25(20)12-15-30-28(27)31-16-13-23(14-17-31)18-22-8-4-3-5-9-22;/h3-12,15,23H,13-14,16-19H2,1-2H3;1H. The van der Waals surface area contributed by atoms with Gasteiger partial charge in [-0.2, -0.15) is 0 Å². The van der Waals surface area contributed by atoms with E-state index in [2.05, 4.69) is 71.8 Å². The van der Waals surface area contributed by atoms with Gasteiger partial charge in [0.15, 0.2) is 5.82 Å². The summed E-state index contributed by atoms with van der Waals surface area (Å²) < 4.78 is 2.41. The second-order valence-electron chi connectivity index (χ2n) is 9.04. The summed E-state index contributed by atoms with van der Waals surface area (Å²) in [4.78, 5) is 7.38. The van der Waals surface area contributed by atoms with Gasteiger partial charge in [0, 0.05) is 41.9 Å². The lowest BCUT2D eigenvalue weighted by molar-refractivity contribution is 0.402. The van der Waals surface area contributed by atoms with Crippen LogP contribution in [0.15, 0.2) is 66.9 Å². The summed E-state index contributed by atoms with van der Waals surface area (Å²) in [5.74, 6) is 1.86. The first-order valence-electron chi connectivity index (χ1n) is 11.6. The van der Waals surface area contributed by atoms with Gasteiger partial charge in [0.05, 0.1) is 5.52 Å². The van der Waals surface area contributed by atoms with E-state index in [1.54, 1.807) is 0 Å². The zero-order valence-electron chi connectivity index (χ0n) is 19.3. The number of hydrogen-bond donors (Lipinski definition) is 0. The van der Waals surface area contributed by atoms with Gasteiger partial charge in [-0.3, -0.25) is 0 Å². The van der Waals surface area contributed by atoms with Crippen LogP contribution >= 0.6 is 24.0 Å². The number of pyridine rings is 1. The van der Waals surface area contributed by atoms with E-state index in [1.807, 2.05) is 18.3 Å². The second kappa shape index (κ2) is 10.2. The highest BCUT2D eigenvalue weighted by Gasteiger charge is 2.24. The molecule has 3 heterocycles. The van der Waals surface area contributed by atoms with E-state index in [1.165, 1.54) is 47.0 Å². The molecule has 4 aromatic rings. The third-order valence-electron chi connectivity index (χ3n) is 7.09. The second-order valence-corrected chi connectivity index (χ2v) is 9.45. The fourth-order valence-electron chi connectivity index (χ4n) is 5.10. The minimum atomic E-state index is 0. The smallest absolute Gasteiger partial charge is 0.153 e. The zero-order chi connectivity index (χ0) is 22.1. The molecular formula is C28H31Cl2N3. The van der Waals surface area contributed by atoms with Crippen LogP contribution < -0.4 is 4.90 Å². The minimum absolute atomic E-state index is 0. The lowest BCUT2D eigenvalue weighted by Gasteiger charge is -2.33. The molecule has 0 radical (unpaired) electrons. The molecule has 2 aromatic heterocycles. The summed E-state index contributed by atoms with van der Waals surface area (Å²) in [6.45, 7) is 7.30. The molecule has 1 saturated heterocycles. The molecule has 5 heteroatoms. The first kappa shape index (κ1) is 23.7. The molecule has 0 atom stereocenters. The molecule has 1 aliphatic rings. The molecule has 0 saturated carbocycles. The number of piperidine rings is 1. The van der Waals surface area contributed by atoms with Crippen LogP contribution in [0.25, 0.3) is 10.9 Å². The highest BCUT2D eigenvalue weighted by Crippen LogP contribution is 2.35. The van der Waals surface area contributed by atoms with Crippen molar-refractivity contribution in [3.8, 4) is 0 Å². The third kappa shape index (κ3) is 4.76. The zero-order valence-corrected chi connectivity index (χ0v) is 20.9. The molecule has 3 nitrogen and oxygen atoms in total. The largest absolute Gasteiger partial charge is 0.355 e. The van der Waals surface area contributed by atoms with E-state index >= 15 is 0 Å². The summed E-state index contributed by atoms with van der Waals surface area (Å²) in [6.07, 6.45) is 5.56. The van der Waals surface area contributed by atoms with Crippen molar-refractivity contribution in [3.05, 3.63) is 94.3 Å². The number of aromatic nitrogens is 2. The van der Waals surface area contributed by atoms with Gasteiger partial charge in [-0.1, -0.05) is 60.1 Å². The molecule has 33 heavy (non-hydrogen) atoms. The van der Waals surface area contributed by atoms with E-state index in [-0.39, 0.29) is 12.4 Å². The van der Waals surface area contributed by atoms with E-state index in [0.717, 1.165) is 42.0 Å². The summed E-state index contributed by atoms with van der Waals surface area (Å²) >= 11 is 6.52. The van der Waals surface area contributed by atoms with Gasteiger partial charge in [-0.15, -0.1) is 12.4 Å². The molecule has 0 unspecified atom stereocenters. The molecule has 0 aliphatic carbocycles. The Morgan fingerprint density at radius 3 is 2.36 bits per heavy atom. The Bertz CT molecular complexity index is 1220. The molecule has 5 rings (SSSR count). The predicted molar refractivity (Wildman–Crippen MR) is 142 cm³/mol. The molecule has 1 fully saturated rings. The van der Waals surface area contributed by atoms with Crippen molar-refractivity contribution >= 4 is 40.7 Å². The van der Waals surface area contributed by atoms with Crippen LogP contribution in [0.1, 0.15) is 35.2 Å². The van der Waals surface area contributed by atoms with Crippen LogP contribution in [0.4, 0.5) is 5.82 Å². The van der Waals surface area contributed by atoms with Crippen molar-refractivity contribution < 1.29 is 0 Å². The molecular weight excluding hydrogens is 449 g/mol. The van der Waals surface area contributed by atoms with Crippen molar-refractivity contribution in [1.82, 2.24) is 9.55 Å². The van der Waals surface area contributed by atoms with Crippen molar-refractivity contribution in [2.75, 3.05) is 18.0 Å². The van der Waals surface area contributed by atoms with Gasteiger partial charge < -0.3 is 9.47 Å². The quantitative estimate of drug-likeness (QED) is 0.300. The number of nitrogens with zero attached hydrogens (tertiary/aromatic N) is 3. The summed E-state index contributed by atoms with van der Waals surface area (Å²) in [5, 5.41) is 2.12. The number of hydrogen-bond acceptors (Lipinski definition) is 2. The number of halogens is 2. The number of fused-ring (bicyclic) bond motifs is 1. The van der Waals surface area contributed by atoms with Crippen molar-refractivity contribution in [2.24, 2.45) is 5.92 Å². The van der Waals surface area contributed by atoms with Crippen molar-refractivity contribution in [2.45, 2.75) is 39.7 Å². The SMILES string of the molecule is Cc1c(C)n(Cc2ccccc2Cl)c2c(N3CCC(Cc4ccccc4)CC3)nccc12.Cl. The fraction of sp³-hybridized carbons (Fsp3) is 0.321. The monoisotopic (exact) mass is 479 g/mol. The molecule has 0 spiro atoms. The molecule has 2 aromatic carbocycles. The van der Waals surface area contributed by atoms with Crippen LogP contribution in [-0.2, 0) is 13.0 Å². The molecule has 0 amide bonds. The Morgan fingerprint density at radius 2 is 1.64 bits per heavy atom. The molecule has 172 valence electrons. The van der Waals surface area contributed by atoms with Crippen LogP contribution in [0.3, 0.4) is 0 Å². The fourth-order valence-corrected chi connectivity index (χ4v) is 5.29. The highest BCUT2D eigenvalue weighted by molar-refractivity contribution is 6.31. The summed E-state index contributed by atoms with van der Waals surface area (Å²) in [5.41, 5.74) is 6.45. The number of anilines is 1. The number of benzene rings is 2.